The number of hydrogen-bond donors (Lipinski definition) is 2. The molecule has 1 amide bonds. The van der Waals surface area contributed by atoms with E-state index in [-0.39, 0.29) is 23.1 Å². The molecule has 6 heteroatoms. The van der Waals surface area contributed by atoms with Gasteiger partial charge in [0.05, 0.1) is 22.0 Å². The molecule has 0 bridgehead atoms. The third-order valence-electron chi connectivity index (χ3n) is 3.11. The van der Waals surface area contributed by atoms with Gasteiger partial charge in [0.1, 0.15) is 6.07 Å². The van der Waals surface area contributed by atoms with E-state index in [1.165, 1.54) is 0 Å². The van der Waals surface area contributed by atoms with Gasteiger partial charge in [-0.1, -0.05) is 11.6 Å². The molecule has 0 aliphatic carbocycles. The maximum atomic E-state index is 11.9. The molecule has 1 saturated heterocycles. The van der Waals surface area contributed by atoms with E-state index in [1.54, 1.807) is 17.0 Å². The lowest BCUT2D eigenvalue weighted by Gasteiger charge is -2.19. The number of carbonyl (C=O) groups excluding carboxylic acids is 1. The first-order chi connectivity index (χ1) is 8.58. The molecular formula is C12H13ClN4O. The molecule has 1 atom stereocenters. The molecule has 1 aromatic rings. The Kier molecular flexibility index (Phi) is 3.41. The van der Waals surface area contributed by atoms with Crippen LogP contribution in [-0.4, -0.2) is 19.0 Å². The summed E-state index contributed by atoms with van der Waals surface area (Å²) in [6.45, 7) is 0.993. The number of nitrogens with two attached hydrogens (primary N) is 2. The minimum atomic E-state index is -0.0247. The Bertz CT molecular complexity index is 538. The van der Waals surface area contributed by atoms with Crippen LogP contribution in [0.4, 0.5) is 11.4 Å². The molecule has 1 unspecified atom stereocenters. The van der Waals surface area contributed by atoms with Crippen LogP contribution in [0, 0.1) is 17.2 Å². The number of nitriles is 1. The lowest BCUT2D eigenvalue weighted by Crippen LogP contribution is -2.26. The van der Waals surface area contributed by atoms with Crippen molar-refractivity contribution in [2.45, 2.75) is 6.42 Å². The Morgan fingerprint density at radius 1 is 1.56 bits per heavy atom. The summed E-state index contributed by atoms with van der Waals surface area (Å²) in [6.07, 6.45) is 0.417. The fourth-order valence-corrected chi connectivity index (χ4v) is 2.31. The van der Waals surface area contributed by atoms with Gasteiger partial charge in [-0.3, -0.25) is 4.79 Å². The first-order valence-corrected chi connectivity index (χ1v) is 5.94. The van der Waals surface area contributed by atoms with Gasteiger partial charge in [-0.05, 0) is 24.6 Å². The Labute approximate surface area is 110 Å². The zero-order chi connectivity index (χ0) is 13.3. The number of nitrogens with zero attached hydrogens (tertiary/aromatic N) is 2. The SMILES string of the molecule is N#Cc1c(Cl)ccc(N2CC(CN)CC2=O)c1N. The second-order valence-corrected chi connectivity index (χ2v) is 4.68. The number of halogens is 1. The van der Waals surface area contributed by atoms with Gasteiger partial charge in [0.25, 0.3) is 0 Å². The molecule has 0 aromatic heterocycles. The Morgan fingerprint density at radius 3 is 2.83 bits per heavy atom. The van der Waals surface area contributed by atoms with Gasteiger partial charge in [0.15, 0.2) is 0 Å². The van der Waals surface area contributed by atoms with Gasteiger partial charge in [-0.25, -0.2) is 0 Å². The molecule has 94 valence electrons. The second-order valence-electron chi connectivity index (χ2n) is 4.28. The van der Waals surface area contributed by atoms with Crippen LogP contribution in [0.25, 0.3) is 0 Å². The fourth-order valence-electron chi connectivity index (χ4n) is 2.10. The molecule has 2 rings (SSSR count). The Balaban J connectivity index is 2.41. The smallest absolute Gasteiger partial charge is 0.227 e. The van der Waals surface area contributed by atoms with Crippen LogP contribution < -0.4 is 16.4 Å². The van der Waals surface area contributed by atoms with Crippen LogP contribution >= 0.6 is 11.6 Å². The van der Waals surface area contributed by atoms with Crippen molar-refractivity contribution >= 4 is 28.9 Å². The number of nitrogen functional groups attached to an aromatic ring is 1. The van der Waals surface area contributed by atoms with Crippen molar-refractivity contribution in [2.24, 2.45) is 11.7 Å². The molecule has 1 aliphatic rings. The second kappa shape index (κ2) is 4.84. The normalized spacial score (nSPS) is 19.1. The number of benzene rings is 1. The van der Waals surface area contributed by atoms with Crippen molar-refractivity contribution in [2.75, 3.05) is 23.7 Å². The van der Waals surface area contributed by atoms with Crippen molar-refractivity contribution in [1.82, 2.24) is 0 Å². The minimum absolute atomic E-state index is 0.0247. The number of anilines is 2. The summed E-state index contributed by atoms with van der Waals surface area (Å²) in [4.78, 5) is 13.5. The highest BCUT2D eigenvalue weighted by Crippen LogP contribution is 2.34. The summed E-state index contributed by atoms with van der Waals surface area (Å²) in [5.74, 6) is 0.112. The molecule has 0 saturated carbocycles. The highest BCUT2D eigenvalue weighted by Gasteiger charge is 2.31. The topological polar surface area (TPSA) is 96.1 Å². The molecule has 0 radical (unpaired) electrons. The van der Waals surface area contributed by atoms with Crippen molar-refractivity contribution in [3.63, 3.8) is 0 Å². The van der Waals surface area contributed by atoms with E-state index < -0.39 is 0 Å². The summed E-state index contributed by atoms with van der Waals surface area (Å²) in [5.41, 5.74) is 12.5. The van der Waals surface area contributed by atoms with Crippen molar-refractivity contribution < 1.29 is 4.79 Å². The van der Waals surface area contributed by atoms with E-state index in [0.29, 0.717) is 30.2 Å². The summed E-state index contributed by atoms with van der Waals surface area (Å²) in [7, 11) is 0. The highest BCUT2D eigenvalue weighted by molar-refractivity contribution is 6.32. The zero-order valence-electron chi connectivity index (χ0n) is 9.69. The van der Waals surface area contributed by atoms with E-state index in [1.807, 2.05) is 6.07 Å². The predicted molar refractivity (Wildman–Crippen MR) is 70.1 cm³/mol. The number of carbonyl (C=O) groups is 1. The van der Waals surface area contributed by atoms with Gasteiger partial charge < -0.3 is 16.4 Å². The van der Waals surface area contributed by atoms with Gasteiger partial charge in [0, 0.05) is 13.0 Å². The van der Waals surface area contributed by atoms with E-state index in [0.717, 1.165) is 0 Å². The maximum Gasteiger partial charge on any atom is 0.227 e. The average molecular weight is 265 g/mol. The first kappa shape index (κ1) is 12.7. The lowest BCUT2D eigenvalue weighted by molar-refractivity contribution is -0.117. The molecule has 1 fully saturated rings. The van der Waals surface area contributed by atoms with E-state index in [9.17, 15) is 4.79 Å². The van der Waals surface area contributed by atoms with Gasteiger partial charge >= 0.3 is 0 Å². The van der Waals surface area contributed by atoms with Crippen LogP contribution in [-0.2, 0) is 4.79 Å². The lowest BCUT2D eigenvalue weighted by atomic mass is 10.1. The summed E-state index contributed by atoms with van der Waals surface area (Å²) >= 11 is 5.87. The highest BCUT2D eigenvalue weighted by atomic mass is 35.5. The van der Waals surface area contributed by atoms with E-state index >= 15 is 0 Å². The monoisotopic (exact) mass is 264 g/mol. The zero-order valence-corrected chi connectivity index (χ0v) is 10.4. The molecule has 1 heterocycles. The summed E-state index contributed by atoms with van der Waals surface area (Å²) < 4.78 is 0. The molecule has 4 N–H and O–H groups in total. The number of hydrogen-bond acceptors (Lipinski definition) is 4. The van der Waals surface area contributed by atoms with E-state index in [4.69, 9.17) is 28.3 Å². The van der Waals surface area contributed by atoms with Crippen LogP contribution in [0.5, 0.6) is 0 Å². The molecule has 18 heavy (non-hydrogen) atoms. The fraction of sp³-hybridized carbons (Fsp3) is 0.333. The molecular weight excluding hydrogens is 252 g/mol. The number of rotatable bonds is 2. The minimum Gasteiger partial charge on any atom is -0.396 e. The van der Waals surface area contributed by atoms with Crippen LogP contribution in [0.15, 0.2) is 12.1 Å². The first-order valence-electron chi connectivity index (χ1n) is 5.57. The van der Waals surface area contributed by atoms with Crippen LogP contribution in [0.2, 0.25) is 5.02 Å². The summed E-state index contributed by atoms with van der Waals surface area (Å²) in [6, 6.07) is 5.19. The summed E-state index contributed by atoms with van der Waals surface area (Å²) in [5, 5.41) is 9.29. The van der Waals surface area contributed by atoms with Gasteiger partial charge in [0.2, 0.25) is 5.91 Å². The maximum absolute atomic E-state index is 11.9. The van der Waals surface area contributed by atoms with Gasteiger partial charge in [-0.15, -0.1) is 0 Å². The van der Waals surface area contributed by atoms with Crippen molar-refractivity contribution in [3.8, 4) is 6.07 Å². The standard InChI is InChI=1S/C12H13ClN4O/c13-9-1-2-10(12(16)8(9)5-15)17-6-7(4-14)3-11(17)18/h1-2,7H,3-4,6,14,16H2. The van der Waals surface area contributed by atoms with Crippen LogP contribution in [0.1, 0.15) is 12.0 Å². The number of amides is 1. The Hall–Kier alpha value is -1.77. The third-order valence-corrected chi connectivity index (χ3v) is 3.43. The average Bonchev–Trinajstić information content (AvgIpc) is 2.71. The molecule has 5 nitrogen and oxygen atoms in total. The Morgan fingerprint density at radius 2 is 2.28 bits per heavy atom. The molecule has 1 aromatic carbocycles. The quantitative estimate of drug-likeness (QED) is 0.782. The van der Waals surface area contributed by atoms with Crippen LogP contribution in [0.3, 0.4) is 0 Å². The third kappa shape index (κ3) is 2.01. The van der Waals surface area contributed by atoms with Crippen molar-refractivity contribution in [1.29, 1.82) is 5.26 Å². The van der Waals surface area contributed by atoms with Gasteiger partial charge in [-0.2, -0.15) is 5.26 Å². The van der Waals surface area contributed by atoms with E-state index in [2.05, 4.69) is 0 Å². The predicted octanol–water partition coefficient (Wildman–Crippen LogP) is 1.11. The molecule has 1 aliphatic heterocycles. The van der Waals surface area contributed by atoms with Crippen molar-refractivity contribution in [3.05, 3.63) is 22.7 Å². The largest absolute Gasteiger partial charge is 0.396 e. The molecule has 0 spiro atoms.